The number of hydrogen-bond acceptors (Lipinski definition) is 4. The predicted octanol–water partition coefficient (Wildman–Crippen LogP) is 3.65. The van der Waals surface area contributed by atoms with Gasteiger partial charge in [0.1, 0.15) is 5.01 Å². The number of aromatic nitrogens is 1. The summed E-state index contributed by atoms with van der Waals surface area (Å²) in [5.41, 5.74) is 3.61. The van der Waals surface area contributed by atoms with Crippen LogP contribution in [0.2, 0.25) is 0 Å². The van der Waals surface area contributed by atoms with E-state index in [1.165, 1.54) is 16.0 Å². The highest BCUT2D eigenvalue weighted by Gasteiger charge is 2.02. The first kappa shape index (κ1) is 14.0. The molecular weight excluding hydrogens is 278 g/mol. The van der Waals surface area contributed by atoms with Gasteiger partial charge in [-0.25, -0.2) is 4.98 Å². The minimum Gasteiger partial charge on any atom is -0.378 e. The third-order valence-corrected chi connectivity index (χ3v) is 4.43. The molecule has 0 unspecified atom stereocenters. The Morgan fingerprint density at radius 1 is 1.00 bits per heavy atom. The second-order valence-electron chi connectivity index (χ2n) is 5.24. The van der Waals surface area contributed by atoms with E-state index in [2.05, 4.69) is 71.8 Å². The molecule has 0 atom stereocenters. The molecule has 1 heterocycles. The molecule has 108 valence electrons. The molecule has 2 aromatic carbocycles. The monoisotopic (exact) mass is 297 g/mol. The van der Waals surface area contributed by atoms with Crippen molar-refractivity contribution in [2.75, 3.05) is 19.0 Å². The van der Waals surface area contributed by atoms with Crippen molar-refractivity contribution in [2.24, 2.45) is 0 Å². The fourth-order valence-electron chi connectivity index (χ4n) is 2.22. The van der Waals surface area contributed by atoms with Crippen LogP contribution in [0.15, 0.2) is 48.5 Å². The minimum absolute atomic E-state index is 0.814. The van der Waals surface area contributed by atoms with Gasteiger partial charge in [0.05, 0.1) is 10.2 Å². The SMILES string of the molecule is CN(C)c1ccc(CNCc2nc3ccccc3s2)cc1. The highest BCUT2D eigenvalue weighted by molar-refractivity contribution is 7.18. The minimum atomic E-state index is 0.814. The highest BCUT2D eigenvalue weighted by atomic mass is 32.1. The summed E-state index contributed by atoms with van der Waals surface area (Å²) in [4.78, 5) is 6.74. The Morgan fingerprint density at radius 2 is 1.76 bits per heavy atom. The number of nitrogens with one attached hydrogen (secondary N) is 1. The van der Waals surface area contributed by atoms with Crippen molar-refractivity contribution in [3.63, 3.8) is 0 Å². The summed E-state index contributed by atoms with van der Waals surface area (Å²) in [6.45, 7) is 1.68. The van der Waals surface area contributed by atoms with Gasteiger partial charge in [-0.1, -0.05) is 24.3 Å². The lowest BCUT2D eigenvalue weighted by atomic mass is 10.2. The molecule has 3 aromatic rings. The Morgan fingerprint density at radius 3 is 2.48 bits per heavy atom. The van der Waals surface area contributed by atoms with Crippen molar-refractivity contribution in [3.05, 3.63) is 59.1 Å². The molecule has 3 nitrogen and oxygen atoms in total. The summed E-state index contributed by atoms with van der Waals surface area (Å²) in [6, 6.07) is 16.9. The molecule has 0 spiro atoms. The molecule has 0 fully saturated rings. The Hall–Kier alpha value is -1.91. The van der Waals surface area contributed by atoms with E-state index in [4.69, 9.17) is 0 Å². The largest absolute Gasteiger partial charge is 0.378 e. The topological polar surface area (TPSA) is 28.2 Å². The maximum atomic E-state index is 4.63. The summed E-state index contributed by atoms with van der Waals surface area (Å²) in [5.74, 6) is 0. The standard InChI is InChI=1S/C17H19N3S/c1-20(2)14-9-7-13(8-10-14)11-18-12-17-19-15-5-3-4-6-16(15)21-17/h3-10,18H,11-12H2,1-2H3. The second kappa shape index (κ2) is 6.24. The molecule has 0 saturated heterocycles. The molecule has 0 aliphatic carbocycles. The summed E-state index contributed by atoms with van der Waals surface area (Å²) >= 11 is 1.76. The fraction of sp³-hybridized carbons (Fsp3) is 0.235. The van der Waals surface area contributed by atoms with Gasteiger partial charge in [-0.3, -0.25) is 0 Å². The van der Waals surface area contributed by atoms with Gasteiger partial charge in [0.15, 0.2) is 0 Å². The molecule has 3 rings (SSSR count). The number of nitrogens with zero attached hydrogens (tertiary/aromatic N) is 2. The van der Waals surface area contributed by atoms with Gasteiger partial charge >= 0.3 is 0 Å². The van der Waals surface area contributed by atoms with Crippen molar-refractivity contribution >= 4 is 27.2 Å². The predicted molar refractivity (Wildman–Crippen MR) is 90.9 cm³/mol. The first-order valence-electron chi connectivity index (χ1n) is 7.04. The fourth-order valence-corrected chi connectivity index (χ4v) is 3.16. The molecule has 21 heavy (non-hydrogen) atoms. The van der Waals surface area contributed by atoms with E-state index in [0.717, 1.165) is 23.6 Å². The molecule has 4 heteroatoms. The maximum absolute atomic E-state index is 4.63. The number of benzene rings is 2. The number of para-hydroxylation sites is 1. The number of thiazole rings is 1. The van der Waals surface area contributed by atoms with Crippen LogP contribution in [0, 0.1) is 0 Å². The Kier molecular flexibility index (Phi) is 4.18. The first-order chi connectivity index (χ1) is 10.2. The van der Waals surface area contributed by atoms with E-state index >= 15 is 0 Å². The van der Waals surface area contributed by atoms with Crippen molar-refractivity contribution in [1.29, 1.82) is 0 Å². The molecule has 0 saturated carbocycles. The van der Waals surface area contributed by atoms with Crippen LogP contribution in [0.4, 0.5) is 5.69 Å². The Labute approximate surface area is 129 Å². The van der Waals surface area contributed by atoms with E-state index in [1.807, 2.05) is 6.07 Å². The normalized spacial score (nSPS) is 11.0. The zero-order chi connectivity index (χ0) is 14.7. The lowest BCUT2D eigenvalue weighted by Gasteiger charge is -2.12. The molecule has 0 bridgehead atoms. The van der Waals surface area contributed by atoms with Crippen LogP contribution in [-0.4, -0.2) is 19.1 Å². The van der Waals surface area contributed by atoms with Crippen LogP contribution in [-0.2, 0) is 13.1 Å². The summed E-state index contributed by atoms with van der Waals surface area (Å²) in [7, 11) is 4.11. The molecule has 0 aliphatic heterocycles. The van der Waals surface area contributed by atoms with E-state index in [0.29, 0.717) is 0 Å². The summed E-state index contributed by atoms with van der Waals surface area (Å²) in [6.07, 6.45) is 0. The van der Waals surface area contributed by atoms with E-state index < -0.39 is 0 Å². The van der Waals surface area contributed by atoms with Crippen LogP contribution >= 0.6 is 11.3 Å². The number of anilines is 1. The zero-order valence-corrected chi connectivity index (χ0v) is 13.2. The van der Waals surface area contributed by atoms with Gasteiger partial charge in [0.25, 0.3) is 0 Å². The average molecular weight is 297 g/mol. The lowest BCUT2D eigenvalue weighted by Crippen LogP contribution is -2.13. The van der Waals surface area contributed by atoms with Gasteiger partial charge in [-0.2, -0.15) is 0 Å². The van der Waals surface area contributed by atoms with Crippen LogP contribution < -0.4 is 10.2 Å². The highest BCUT2D eigenvalue weighted by Crippen LogP contribution is 2.21. The maximum Gasteiger partial charge on any atom is 0.108 e. The number of fused-ring (bicyclic) bond motifs is 1. The van der Waals surface area contributed by atoms with Crippen LogP contribution in [0.25, 0.3) is 10.2 Å². The summed E-state index contributed by atoms with van der Waals surface area (Å²) < 4.78 is 1.25. The number of hydrogen-bond donors (Lipinski definition) is 1. The quantitative estimate of drug-likeness (QED) is 0.779. The second-order valence-corrected chi connectivity index (χ2v) is 6.35. The molecule has 0 radical (unpaired) electrons. The summed E-state index contributed by atoms with van der Waals surface area (Å²) in [5, 5.41) is 4.60. The molecular formula is C17H19N3S. The van der Waals surface area contributed by atoms with E-state index in [9.17, 15) is 0 Å². The molecule has 1 aromatic heterocycles. The Balaban J connectivity index is 1.58. The van der Waals surface area contributed by atoms with E-state index in [1.54, 1.807) is 11.3 Å². The van der Waals surface area contributed by atoms with Gasteiger partial charge in [0, 0.05) is 32.9 Å². The van der Waals surface area contributed by atoms with Gasteiger partial charge in [-0.05, 0) is 29.8 Å². The third-order valence-electron chi connectivity index (χ3n) is 3.40. The van der Waals surface area contributed by atoms with Crippen LogP contribution in [0.3, 0.4) is 0 Å². The van der Waals surface area contributed by atoms with Crippen molar-refractivity contribution in [1.82, 2.24) is 10.3 Å². The molecule has 0 amide bonds. The van der Waals surface area contributed by atoms with Crippen LogP contribution in [0.5, 0.6) is 0 Å². The van der Waals surface area contributed by atoms with Crippen LogP contribution in [0.1, 0.15) is 10.6 Å². The number of rotatable bonds is 5. The van der Waals surface area contributed by atoms with Gasteiger partial charge < -0.3 is 10.2 Å². The van der Waals surface area contributed by atoms with Crippen molar-refractivity contribution in [2.45, 2.75) is 13.1 Å². The molecule has 0 aliphatic rings. The smallest absolute Gasteiger partial charge is 0.108 e. The van der Waals surface area contributed by atoms with Gasteiger partial charge in [-0.15, -0.1) is 11.3 Å². The molecule has 1 N–H and O–H groups in total. The van der Waals surface area contributed by atoms with E-state index in [-0.39, 0.29) is 0 Å². The zero-order valence-electron chi connectivity index (χ0n) is 12.3. The lowest BCUT2D eigenvalue weighted by molar-refractivity contribution is 0.691. The van der Waals surface area contributed by atoms with Gasteiger partial charge in [0.2, 0.25) is 0 Å². The Bertz CT molecular complexity index is 683. The van der Waals surface area contributed by atoms with Crippen molar-refractivity contribution in [3.8, 4) is 0 Å². The van der Waals surface area contributed by atoms with Crippen molar-refractivity contribution < 1.29 is 0 Å². The first-order valence-corrected chi connectivity index (χ1v) is 7.85. The third kappa shape index (κ3) is 3.40. The average Bonchev–Trinajstić information content (AvgIpc) is 2.90.